The molecule has 0 saturated carbocycles. The van der Waals surface area contributed by atoms with Gasteiger partial charge in [-0.2, -0.15) is 0 Å². The molecular weight excluding hydrogens is 789 g/mol. The third-order valence-corrected chi connectivity index (χ3v) is 8.36. The maximum absolute atomic E-state index is 8.84. The molecule has 0 aliphatic carbocycles. The summed E-state index contributed by atoms with van der Waals surface area (Å²) < 4.78 is 47.7. The fourth-order valence-electron chi connectivity index (χ4n) is 5.84. The fourth-order valence-corrected chi connectivity index (χ4v) is 5.84. The number of benzene rings is 6. The van der Waals surface area contributed by atoms with Crippen molar-refractivity contribution in [1.29, 1.82) is 0 Å². The number of aryl methyl sites for hydroxylation is 1. The van der Waals surface area contributed by atoms with Gasteiger partial charge in [0, 0.05) is 44.7 Å². The molecular formula is C46H32IrN2O-2. The smallest absolute Gasteiger partial charge is 0.121 e. The molecule has 0 N–H and O–H groups in total. The zero-order valence-electron chi connectivity index (χ0n) is 31.7. The summed E-state index contributed by atoms with van der Waals surface area (Å²) in [5.74, 6) is 0. The Morgan fingerprint density at radius 2 is 1.34 bits per heavy atom. The van der Waals surface area contributed by atoms with Crippen LogP contribution in [0.5, 0.6) is 0 Å². The van der Waals surface area contributed by atoms with Crippen molar-refractivity contribution in [2.24, 2.45) is 0 Å². The molecule has 9 aromatic rings. The van der Waals surface area contributed by atoms with E-state index in [9.17, 15) is 0 Å². The summed E-state index contributed by atoms with van der Waals surface area (Å²) in [6.45, 7) is -2.52. The van der Waals surface area contributed by atoms with E-state index in [0.29, 0.717) is 22.4 Å². The van der Waals surface area contributed by atoms with Crippen LogP contribution in [0, 0.1) is 19.0 Å². The standard InChI is InChI=1S/C29H20NO.C17H12N.Ir/c1-19-18-30-27(16-24(19)13-20-7-3-2-4-8-20)23-11-12-28-25(15-23)26-14-21-9-5-6-10-22(21)17-29(26)31-28;1-3-7-14(8-4-1)16-11-12-17(18-13-16)15-9-5-2-6-10-15;/h2-10,12,14-18H,13H2,1H3;1-9,11-13H;/q2*-1;/i1D3,13D2;;. The van der Waals surface area contributed by atoms with E-state index in [1.54, 1.807) is 36.4 Å². The SMILES string of the molecule is [2H]C([2H])([2H])c1cnc(-c2[c-]cc3oc4cc5ccccc5cc4c3c2)cc1C([2H])([2H])c1ccccc1.[Ir].[c-]1ccccc1-c1ccc(-c2ccccc2)cn1. The van der Waals surface area contributed by atoms with Gasteiger partial charge in [-0.05, 0) is 75.3 Å². The topological polar surface area (TPSA) is 38.9 Å². The van der Waals surface area contributed by atoms with Crippen LogP contribution in [0.2, 0.25) is 0 Å². The molecule has 9 rings (SSSR count). The van der Waals surface area contributed by atoms with Gasteiger partial charge in [-0.15, -0.1) is 59.7 Å². The molecule has 0 aliphatic rings. The molecule has 1 radical (unpaired) electrons. The monoisotopic (exact) mass is 826 g/mol. The Kier molecular flexibility index (Phi) is 8.07. The van der Waals surface area contributed by atoms with Gasteiger partial charge in [0.15, 0.2) is 0 Å². The van der Waals surface area contributed by atoms with Crippen LogP contribution in [0.4, 0.5) is 0 Å². The first-order valence-corrected chi connectivity index (χ1v) is 16.0. The van der Waals surface area contributed by atoms with Gasteiger partial charge < -0.3 is 14.4 Å². The van der Waals surface area contributed by atoms with E-state index in [1.807, 2.05) is 85.1 Å². The Morgan fingerprint density at radius 1 is 0.620 bits per heavy atom. The number of fused-ring (bicyclic) bond motifs is 4. The Bertz CT molecular complexity index is 2660. The van der Waals surface area contributed by atoms with E-state index in [0.717, 1.165) is 43.9 Å². The van der Waals surface area contributed by atoms with Crippen molar-refractivity contribution in [1.82, 2.24) is 9.97 Å². The minimum Gasteiger partial charge on any atom is -0.500 e. The third-order valence-electron chi connectivity index (χ3n) is 8.36. The molecule has 6 aromatic carbocycles. The molecule has 4 heteroatoms. The molecule has 0 bridgehead atoms. The number of rotatable bonds is 5. The van der Waals surface area contributed by atoms with Crippen LogP contribution in [-0.4, -0.2) is 9.97 Å². The third kappa shape index (κ3) is 7.04. The van der Waals surface area contributed by atoms with Crippen LogP contribution in [-0.2, 0) is 26.5 Å². The van der Waals surface area contributed by atoms with E-state index < -0.39 is 13.2 Å². The molecule has 50 heavy (non-hydrogen) atoms. The molecule has 3 nitrogen and oxygen atoms in total. The normalized spacial score (nSPS) is 12.8. The summed E-state index contributed by atoms with van der Waals surface area (Å²) in [5.41, 5.74) is 7.15. The Hall–Kier alpha value is -5.67. The van der Waals surface area contributed by atoms with Gasteiger partial charge in [0.2, 0.25) is 0 Å². The molecule has 0 atom stereocenters. The van der Waals surface area contributed by atoms with Crippen LogP contribution < -0.4 is 0 Å². The van der Waals surface area contributed by atoms with E-state index in [4.69, 9.17) is 11.3 Å². The van der Waals surface area contributed by atoms with E-state index >= 15 is 0 Å². The Labute approximate surface area is 312 Å². The number of aromatic nitrogens is 2. The second kappa shape index (κ2) is 14.8. The van der Waals surface area contributed by atoms with Gasteiger partial charge in [-0.1, -0.05) is 109 Å². The molecule has 243 valence electrons. The Balaban J connectivity index is 0.000000206. The minimum absolute atomic E-state index is 0. The van der Waals surface area contributed by atoms with Crippen LogP contribution in [0.1, 0.15) is 23.5 Å². The summed E-state index contributed by atoms with van der Waals surface area (Å²) >= 11 is 0. The van der Waals surface area contributed by atoms with Crippen molar-refractivity contribution in [3.05, 3.63) is 193 Å². The summed E-state index contributed by atoms with van der Waals surface area (Å²) in [5, 5.41) is 4.03. The van der Waals surface area contributed by atoms with Crippen molar-refractivity contribution in [2.45, 2.75) is 13.2 Å². The second-order valence-corrected chi connectivity index (χ2v) is 11.6. The van der Waals surface area contributed by atoms with Crippen LogP contribution in [0.25, 0.3) is 66.4 Å². The summed E-state index contributed by atoms with van der Waals surface area (Å²) in [6.07, 6.45) is 1.14. The maximum atomic E-state index is 8.84. The number of furan rings is 1. The van der Waals surface area contributed by atoms with Gasteiger partial charge in [0.25, 0.3) is 0 Å². The molecule has 3 heterocycles. The van der Waals surface area contributed by atoms with Gasteiger partial charge in [0.05, 0.1) is 5.58 Å². The molecule has 0 spiro atoms. The van der Waals surface area contributed by atoms with Crippen LogP contribution >= 0.6 is 0 Å². The number of hydrogen-bond acceptors (Lipinski definition) is 3. The Morgan fingerprint density at radius 3 is 2.08 bits per heavy atom. The van der Waals surface area contributed by atoms with Gasteiger partial charge in [0.1, 0.15) is 5.58 Å². The van der Waals surface area contributed by atoms with Gasteiger partial charge in [-0.3, -0.25) is 0 Å². The van der Waals surface area contributed by atoms with Gasteiger partial charge in [-0.25, -0.2) is 0 Å². The van der Waals surface area contributed by atoms with Crippen molar-refractivity contribution in [2.75, 3.05) is 0 Å². The van der Waals surface area contributed by atoms with Crippen molar-refractivity contribution < 1.29 is 31.4 Å². The zero-order chi connectivity index (χ0) is 37.3. The fraction of sp³-hybridized carbons (Fsp3) is 0.0435. The molecule has 0 amide bonds. The zero-order valence-corrected chi connectivity index (χ0v) is 29.1. The number of pyridine rings is 2. The van der Waals surface area contributed by atoms with E-state index in [1.165, 1.54) is 17.8 Å². The molecule has 0 unspecified atom stereocenters. The molecule has 0 fully saturated rings. The summed E-state index contributed by atoms with van der Waals surface area (Å²) in [4.78, 5) is 8.91. The predicted molar refractivity (Wildman–Crippen MR) is 201 cm³/mol. The number of hydrogen-bond donors (Lipinski definition) is 0. The molecule has 3 aromatic heterocycles. The van der Waals surface area contributed by atoms with Crippen LogP contribution in [0.15, 0.2) is 168 Å². The van der Waals surface area contributed by atoms with Gasteiger partial charge >= 0.3 is 0 Å². The van der Waals surface area contributed by atoms with Crippen molar-refractivity contribution in [3.63, 3.8) is 0 Å². The number of nitrogens with zero attached hydrogens (tertiary/aromatic N) is 2. The predicted octanol–water partition coefficient (Wildman–Crippen LogP) is 11.7. The van der Waals surface area contributed by atoms with Crippen molar-refractivity contribution >= 4 is 32.7 Å². The average Bonchev–Trinajstić information content (AvgIpc) is 3.57. The quantitative estimate of drug-likeness (QED) is 0.162. The van der Waals surface area contributed by atoms with Crippen molar-refractivity contribution in [3.8, 4) is 33.6 Å². The first kappa shape index (κ1) is 27.2. The van der Waals surface area contributed by atoms with E-state index in [2.05, 4.69) is 52.4 Å². The second-order valence-electron chi connectivity index (χ2n) is 11.6. The first-order chi connectivity index (χ1) is 26.1. The minimum atomic E-state index is -2.52. The average molecular weight is 826 g/mol. The molecule has 0 saturated heterocycles. The molecule has 0 aliphatic heterocycles. The van der Waals surface area contributed by atoms with Crippen LogP contribution in [0.3, 0.4) is 0 Å². The maximum Gasteiger partial charge on any atom is 0.121 e. The largest absolute Gasteiger partial charge is 0.500 e. The first-order valence-electron chi connectivity index (χ1n) is 18.5. The van der Waals surface area contributed by atoms with E-state index in [-0.39, 0.29) is 31.2 Å². The summed E-state index contributed by atoms with van der Waals surface area (Å²) in [6, 6.07) is 54.6. The summed E-state index contributed by atoms with van der Waals surface area (Å²) in [7, 11) is 0.